The minimum Gasteiger partial charge on any atom is -0.444 e. The van der Waals surface area contributed by atoms with E-state index < -0.39 is 11.7 Å². The van der Waals surface area contributed by atoms with Crippen molar-refractivity contribution in [2.24, 2.45) is 5.73 Å². The number of benzene rings is 4. The quantitative estimate of drug-likeness (QED) is 0.105. The Morgan fingerprint density at radius 2 is 1.07 bits per heavy atom. The van der Waals surface area contributed by atoms with Gasteiger partial charge in [0.25, 0.3) is 11.1 Å². The normalized spacial score (nSPS) is 15.7. The molecule has 0 unspecified atom stereocenters. The minimum absolute atomic E-state index is 0. The molecule has 0 saturated carbocycles. The first-order chi connectivity index (χ1) is 36.1. The lowest BCUT2D eigenvalue weighted by atomic mass is 10.0. The number of fused-ring (bicyclic) bond motifs is 2. The molecule has 19 heteroatoms. The number of rotatable bonds is 13. The molecule has 16 nitrogen and oxygen atoms in total. The number of nitrogens with two attached hydrogens (primary N) is 1. The van der Waals surface area contributed by atoms with Crippen LogP contribution in [-0.4, -0.2) is 89.9 Å². The number of nitrogens with zero attached hydrogens (tertiary/aromatic N) is 8. The Kier molecular flexibility index (Phi) is 17.5. The fourth-order valence-corrected chi connectivity index (χ4v) is 10.1. The van der Waals surface area contributed by atoms with Crippen molar-refractivity contribution < 1.29 is 19.1 Å². The molecule has 4 aromatic carbocycles. The molecule has 0 bridgehead atoms. The third-order valence-electron chi connectivity index (χ3n) is 13.3. The maximum atomic E-state index is 13.9. The second-order valence-corrected chi connectivity index (χ2v) is 20.9. The summed E-state index contributed by atoms with van der Waals surface area (Å²) in [7, 11) is 0. The van der Waals surface area contributed by atoms with E-state index in [-0.39, 0.29) is 60.3 Å². The van der Waals surface area contributed by atoms with Gasteiger partial charge in [0, 0.05) is 108 Å². The van der Waals surface area contributed by atoms with Gasteiger partial charge in [-0.05, 0) is 69.7 Å². The molecule has 396 valence electrons. The Hall–Kier alpha value is -7.24. The van der Waals surface area contributed by atoms with Gasteiger partial charge in [-0.2, -0.15) is 0 Å². The van der Waals surface area contributed by atoms with Crippen molar-refractivity contribution in [2.75, 3.05) is 36.0 Å². The molecule has 2 fully saturated rings. The number of nitrogens with one attached hydrogen (secondary N) is 1. The summed E-state index contributed by atoms with van der Waals surface area (Å²) in [6.07, 6.45) is 10.6. The SMILES string of the molecule is CC(C)(C)OC(=O)N[C@@H]1CCCN(c2nn3ccn(CC(=O)c4ccccc4)c(=O)c3c2Cc2ccccc2Cl)C1.Cl.N[C@@H]1CCCN(c2nn3ccn(CC(=O)c4ccccc4)c(=O)c3c2Cc2ccccc2Cl)C1. The van der Waals surface area contributed by atoms with Crippen LogP contribution in [0.5, 0.6) is 0 Å². The summed E-state index contributed by atoms with van der Waals surface area (Å²) in [6.45, 7) is 8.10. The summed E-state index contributed by atoms with van der Waals surface area (Å²) < 4.78 is 11.5. The molecule has 6 heterocycles. The van der Waals surface area contributed by atoms with Crippen LogP contribution in [0.1, 0.15) is 89.4 Å². The number of halogens is 3. The van der Waals surface area contributed by atoms with Crippen molar-refractivity contribution in [3.05, 3.63) is 198 Å². The van der Waals surface area contributed by atoms with Gasteiger partial charge in [0.2, 0.25) is 0 Å². The van der Waals surface area contributed by atoms with Crippen molar-refractivity contribution in [3.63, 3.8) is 0 Å². The third kappa shape index (κ3) is 12.9. The first kappa shape index (κ1) is 55.0. The second kappa shape index (κ2) is 24.2. The fraction of sp³-hybridized carbons (Fsp3) is 0.316. The predicted octanol–water partition coefficient (Wildman–Crippen LogP) is 9.09. The Labute approximate surface area is 456 Å². The Morgan fingerprint density at radius 3 is 1.51 bits per heavy atom. The van der Waals surface area contributed by atoms with E-state index in [0.29, 0.717) is 70.5 Å². The largest absolute Gasteiger partial charge is 0.444 e. The molecular weight excluding hydrogens is 1030 g/mol. The van der Waals surface area contributed by atoms with E-state index >= 15 is 0 Å². The topological polar surface area (TPSA) is 184 Å². The Morgan fingerprint density at radius 1 is 0.632 bits per heavy atom. The van der Waals surface area contributed by atoms with Crippen LogP contribution in [0.15, 0.2) is 144 Å². The predicted molar refractivity (Wildman–Crippen MR) is 300 cm³/mol. The van der Waals surface area contributed by atoms with Gasteiger partial charge in [-0.1, -0.05) is 120 Å². The van der Waals surface area contributed by atoms with Crippen LogP contribution in [0.2, 0.25) is 10.0 Å². The number of carbonyl (C=O) groups is 3. The number of carbonyl (C=O) groups excluding carboxylic acids is 3. The first-order valence-corrected chi connectivity index (χ1v) is 26.0. The van der Waals surface area contributed by atoms with E-state index in [4.69, 9.17) is 43.9 Å². The summed E-state index contributed by atoms with van der Waals surface area (Å²) >= 11 is 13.0. The molecule has 76 heavy (non-hydrogen) atoms. The molecule has 1 amide bonds. The summed E-state index contributed by atoms with van der Waals surface area (Å²) in [6, 6.07) is 33.0. The number of Topliss-reactive ketones (excluding diaryl/α,β-unsaturated/α-hetero) is 2. The molecular formula is C57H61Cl3N10O6. The number of hydrogen-bond acceptors (Lipinski definition) is 11. The maximum Gasteiger partial charge on any atom is 0.407 e. The highest BCUT2D eigenvalue weighted by Gasteiger charge is 2.30. The zero-order valence-corrected chi connectivity index (χ0v) is 44.9. The molecule has 2 aliphatic heterocycles. The average molecular weight is 1090 g/mol. The number of anilines is 2. The Bertz CT molecular complexity index is 3480. The average Bonchev–Trinajstić information content (AvgIpc) is 3.98. The van der Waals surface area contributed by atoms with Gasteiger partial charge in [0.1, 0.15) is 16.6 Å². The first-order valence-electron chi connectivity index (χ1n) is 25.2. The smallest absolute Gasteiger partial charge is 0.407 e. The molecule has 8 aromatic rings. The highest BCUT2D eigenvalue weighted by Crippen LogP contribution is 2.32. The highest BCUT2D eigenvalue weighted by molar-refractivity contribution is 6.31. The molecule has 4 aromatic heterocycles. The lowest BCUT2D eigenvalue weighted by molar-refractivity contribution is 0.0499. The molecule has 3 N–H and O–H groups in total. The maximum absolute atomic E-state index is 13.9. The van der Waals surface area contributed by atoms with E-state index in [1.165, 1.54) is 9.13 Å². The van der Waals surface area contributed by atoms with Crippen LogP contribution in [0.4, 0.5) is 16.4 Å². The second-order valence-electron chi connectivity index (χ2n) is 20.0. The van der Waals surface area contributed by atoms with Crippen molar-refractivity contribution >= 4 is 75.9 Å². The monoisotopic (exact) mass is 1090 g/mol. The molecule has 10 rings (SSSR count). The summed E-state index contributed by atoms with van der Waals surface area (Å²) in [4.78, 5) is 69.9. The van der Waals surface area contributed by atoms with Crippen LogP contribution in [0.25, 0.3) is 11.0 Å². The van der Waals surface area contributed by atoms with Crippen LogP contribution in [0.3, 0.4) is 0 Å². The number of hydrogen-bond donors (Lipinski definition) is 2. The number of ether oxygens (including phenoxy) is 1. The van der Waals surface area contributed by atoms with Crippen molar-refractivity contribution in [1.82, 2.24) is 33.7 Å². The van der Waals surface area contributed by atoms with Crippen LogP contribution >= 0.6 is 35.6 Å². The van der Waals surface area contributed by atoms with Gasteiger partial charge in [-0.3, -0.25) is 19.2 Å². The molecule has 0 aliphatic carbocycles. The molecule has 2 atom stereocenters. The van der Waals surface area contributed by atoms with E-state index in [1.54, 1.807) is 70.2 Å². The van der Waals surface area contributed by atoms with Crippen molar-refractivity contribution in [2.45, 2.75) is 90.1 Å². The highest BCUT2D eigenvalue weighted by atomic mass is 35.5. The van der Waals surface area contributed by atoms with Gasteiger partial charge in [-0.15, -0.1) is 22.6 Å². The summed E-state index contributed by atoms with van der Waals surface area (Å²) in [5.74, 6) is 1.13. The van der Waals surface area contributed by atoms with Crippen molar-refractivity contribution in [1.29, 1.82) is 0 Å². The van der Waals surface area contributed by atoms with Gasteiger partial charge < -0.3 is 34.7 Å². The summed E-state index contributed by atoms with van der Waals surface area (Å²) in [5.41, 5.74) is 10.4. The lowest BCUT2D eigenvalue weighted by Crippen LogP contribution is -2.49. The van der Waals surface area contributed by atoms with E-state index in [2.05, 4.69) is 15.1 Å². The number of aromatic nitrogens is 6. The van der Waals surface area contributed by atoms with E-state index in [0.717, 1.165) is 60.3 Å². The number of alkyl carbamates (subject to hydrolysis) is 1. The van der Waals surface area contributed by atoms with Crippen LogP contribution in [0, 0.1) is 0 Å². The van der Waals surface area contributed by atoms with Gasteiger partial charge >= 0.3 is 6.09 Å². The minimum atomic E-state index is -0.593. The molecule has 0 radical (unpaired) electrons. The zero-order chi connectivity index (χ0) is 52.8. The van der Waals surface area contributed by atoms with E-state index in [9.17, 15) is 24.0 Å². The van der Waals surface area contributed by atoms with Gasteiger partial charge in [0.05, 0.1) is 13.1 Å². The van der Waals surface area contributed by atoms with Crippen molar-refractivity contribution in [3.8, 4) is 0 Å². The zero-order valence-electron chi connectivity index (χ0n) is 42.6. The van der Waals surface area contributed by atoms with E-state index in [1.807, 2.05) is 93.6 Å². The van der Waals surface area contributed by atoms with Gasteiger partial charge in [-0.25, -0.2) is 13.8 Å². The lowest BCUT2D eigenvalue weighted by Gasteiger charge is -2.34. The molecule has 2 aliphatic rings. The third-order valence-corrected chi connectivity index (χ3v) is 14.1. The van der Waals surface area contributed by atoms with Crippen LogP contribution in [-0.2, 0) is 30.7 Å². The number of amides is 1. The fourth-order valence-electron chi connectivity index (χ4n) is 9.73. The van der Waals surface area contributed by atoms with Crippen LogP contribution < -0.4 is 32.0 Å². The molecule has 0 spiro atoms. The molecule has 2 saturated heterocycles. The Balaban J connectivity index is 0.000000202. The number of ketones is 2. The number of piperidine rings is 2. The van der Waals surface area contributed by atoms with Gasteiger partial charge in [0.15, 0.2) is 23.2 Å². The standard InChI is InChI=1S/C31H34ClN5O4.C26H26ClN5O2.ClH/c1-31(2,3)41-30(40)33-23-13-9-15-35(19-23)28-24(18-22-12-7-8-14-25(22)32)27-29(39)36(16-17-37(27)34-28)20-26(38)21-10-5-4-6-11-21;27-22-11-5-4-9-19(22)15-21-24-26(34)31(17-23(33)18-7-2-1-3-8-18)13-14-32(24)29-25(21)30-12-6-10-20(28)16-30;/h4-8,10-12,14,16-17,23H,9,13,15,18-20H2,1-3H3,(H,33,40);1-5,7-9,11,13-14,20H,6,10,12,15-17,28H2;1H/t23-;20-;/m11./s1. The summed E-state index contributed by atoms with van der Waals surface area (Å²) in [5, 5.41) is 13.8.